The molecule has 0 radical (unpaired) electrons. The van der Waals surface area contributed by atoms with E-state index >= 15 is 0 Å². The molecule has 0 heterocycles. The molecule has 0 saturated carbocycles. The molecule has 0 aliphatic heterocycles. The van der Waals surface area contributed by atoms with Crippen LogP contribution in [-0.4, -0.2) is 24.5 Å². The molecule has 2 aromatic rings. The van der Waals surface area contributed by atoms with Crippen LogP contribution in [0.25, 0.3) is 0 Å². The third-order valence-corrected chi connectivity index (χ3v) is 4.30. The van der Waals surface area contributed by atoms with E-state index in [2.05, 4.69) is 10.6 Å². The largest absolute Gasteiger partial charge is 0.493 e. The highest BCUT2D eigenvalue weighted by atomic mass is 35.5. The van der Waals surface area contributed by atoms with Gasteiger partial charge in [-0.25, -0.2) is 0 Å². The van der Waals surface area contributed by atoms with Crippen molar-refractivity contribution in [1.82, 2.24) is 10.6 Å². The van der Waals surface area contributed by atoms with Gasteiger partial charge in [-0.1, -0.05) is 49.7 Å². The Balaban J connectivity index is 2.04. The van der Waals surface area contributed by atoms with Crippen molar-refractivity contribution in [2.75, 3.05) is 6.61 Å². The van der Waals surface area contributed by atoms with Crippen LogP contribution in [0.4, 0.5) is 0 Å². The Labute approximate surface area is 165 Å². The Morgan fingerprint density at radius 2 is 1.74 bits per heavy atom. The van der Waals surface area contributed by atoms with Gasteiger partial charge in [0.05, 0.1) is 12.2 Å². The monoisotopic (exact) mass is 388 g/mol. The lowest BCUT2D eigenvalue weighted by Crippen LogP contribution is -2.49. The van der Waals surface area contributed by atoms with Crippen LogP contribution in [0.5, 0.6) is 5.75 Å². The molecule has 0 saturated heterocycles. The van der Waals surface area contributed by atoms with Crippen LogP contribution in [0.3, 0.4) is 0 Å². The van der Waals surface area contributed by atoms with E-state index in [1.54, 1.807) is 36.4 Å². The van der Waals surface area contributed by atoms with Crippen LogP contribution in [0, 0.1) is 5.92 Å². The van der Waals surface area contributed by atoms with Crippen molar-refractivity contribution in [1.29, 1.82) is 0 Å². The molecule has 0 fully saturated rings. The molecule has 2 N–H and O–H groups in total. The molecule has 0 aromatic heterocycles. The first-order chi connectivity index (χ1) is 12.9. The lowest BCUT2D eigenvalue weighted by Gasteiger charge is -2.22. The minimum Gasteiger partial charge on any atom is -0.493 e. The molecule has 0 spiro atoms. The fourth-order valence-electron chi connectivity index (χ4n) is 2.59. The number of nitrogens with one attached hydrogen (secondary N) is 2. The van der Waals surface area contributed by atoms with Gasteiger partial charge in [-0.2, -0.15) is 0 Å². The predicted octanol–water partition coefficient (Wildman–Crippen LogP) is 3.81. The van der Waals surface area contributed by atoms with Gasteiger partial charge in [-0.3, -0.25) is 9.59 Å². The number of hydrogen-bond acceptors (Lipinski definition) is 3. The predicted molar refractivity (Wildman–Crippen MR) is 107 cm³/mol. The zero-order valence-electron chi connectivity index (χ0n) is 15.8. The van der Waals surface area contributed by atoms with Crippen molar-refractivity contribution in [2.45, 2.75) is 33.4 Å². The summed E-state index contributed by atoms with van der Waals surface area (Å²) in [6, 6.07) is 13.6. The highest BCUT2D eigenvalue weighted by molar-refractivity contribution is 6.30. The summed E-state index contributed by atoms with van der Waals surface area (Å²) < 4.78 is 5.50. The topological polar surface area (TPSA) is 67.4 Å². The standard InChI is InChI=1S/C21H25ClN2O3/c1-4-27-18-8-6-5-7-17(18)20(25)24-19(14(2)3)21(26)23-13-15-9-11-16(22)12-10-15/h5-12,14,19H,4,13H2,1-3H3,(H,23,26)(H,24,25). The summed E-state index contributed by atoms with van der Waals surface area (Å²) in [7, 11) is 0. The zero-order chi connectivity index (χ0) is 19.8. The minimum absolute atomic E-state index is 0.0709. The van der Waals surface area contributed by atoms with Gasteiger partial charge in [0, 0.05) is 11.6 Å². The number of rotatable bonds is 8. The molecular weight excluding hydrogens is 364 g/mol. The van der Waals surface area contributed by atoms with Crippen LogP contribution in [0.2, 0.25) is 5.02 Å². The fourth-order valence-corrected chi connectivity index (χ4v) is 2.72. The normalized spacial score (nSPS) is 11.7. The molecule has 0 aliphatic rings. The second-order valence-corrected chi connectivity index (χ2v) is 6.91. The van der Waals surface area contributed by atoms with Crippen molar-refractivity contribution in [2.24, 2.45) is 5.92 Å². The number of amides is 2. The van der Waals surface area contributed by atoms with Crippen LogP contribution in [0.1, 0.15) is 36.7 Å². The van der Waals surface area contributed by atoms with Crippen molar-refractivity contribution in [3.8, 4) is 5.75 Å². The molecule has 2 amide bonds. The highest BCUT2D eigenvalue weighted by Gasteiger charge is 2.25. The molecule has 5 nitrogen and oxygen atoms in total. The van der Waals surface area contributed by atoms with Gasteiger partial charge in [0.25, 0.3) is 5.91 Å². The number of hydrogen-bond donors (Lipinski definition) is 2. The van der Waals surface area contributed by atoms with Crippen molar-refractivity contribution in [3.05, 3.63) is 64.7 Å². The van der Waals surface area contributed by atoms with Gasteiger partial charge in [0.2, 0.25) is 5.91 Å². The second kappa shape index (κ2) is 9.97. The van der Waals surface area contributed by atoms with Crippen LogP contribution in [0.15, 0.2) is 48.5 Å². The maximum Gasteiger partial charge on any atom is 0.255 e. The lowest BCUT2D eigenvalue weighted by molar-refractivity contribution is -0.124. The number of carbonyl (C=O) groups excluding carboxylic acids is 2. The first-order valence-electron chi connectivity index (χ1n) is 8.97. The van der Waals surface area contributed by atoms with E-state index in [9.17, 15) is 9.59 Å². The van der Waals surface area contributed by atoms with Gasteiger partial charge in [-0.05, 0) is 42.7 Å². The van der Waals surface area contributed by atoms with E-state index < -0.39 is 6.04 Å². The van der Waals surface area contributed by atoms with E-state index in [0.717, 1.165) is 5.56 Å². The average molecular weight is 389 g/mol. The van der Waals surface area contributed by atoms with Crippen LogP contribution >= 0.6 is 11.6 Å². The van der Waals surface area contributed by atoms with Crippen molar-refractivity contribution in [3.63, 3.8) is 0 Å². The van der Waals surface area contributed by atoms with Gasteiger partial charge < -0.3 is 15.4 Å². The first kappa shape index (κ1) is 20.8. The molecule has 0 aliphatic carbocycles. The zero-order valence-corrected chi connectivity index (χ0v) is 16.5. The third kappa shape index (κ3) is 6.00. The van der Waals surface area contributed by atoms with Crippen molar-refractivity contribution >= 4 is 23.4 Å². The summed E-state index contributed by atoms with van der Waals surface area (Å²) in [5.74, 6) is -0.137. The number of para-hydroxylation sites is 1. The lowest BCUT2D eigenvalue weighted by atomic mass is 10.0. The fraction of sp³-hybridized carbons (Fsp3) is 0.333. The summed E-state index contributed by atoms with van der Waals surface area (Å²) in [6.45, 7) is 6.46. The van der Waals surface area contributed by atoms with Gasteiger partial charge in [0.1, 0.15) is 11.8 Å². The van der Waals surface area contributed by atoms with Crippen LogP contribution in [-0.2, 0) is 11.3 Å². The maximum absolute atomic E-state index is 12.7. The smallest absolute Gasteiger partial charge is 0.255 e. The molecule has 27 heavy (non-hydrogen) atoms. The number of halogens is 1. The molecule has 2 aromatic carbocycles. The van der Waals surface area contributed by atoms with E-state index in [-0.39, 0.29) is 17.7 Å². The van der Waals surface area contributed by atoms with E-state index in [0.29, 0.717) is 29.5 Å². The third-order valence-electron chi connectivity index (χ3n) is 4.05. The van der Waals surface area contributed by atoms with Gasteiger partial charge in [-0.15, -0.1) is 0 Å². The number of ether oxygens (including phenoxy) is 1. The Bertz CT molecular complexity index is 775. The number of carbonyl (C=O) groups is 2. The van der Waals surface area contributed by atoms with E-state index in [1.165, 1.54) is 0 Å². The molecular formula is C21H25ClN2O3. The summed E-state index contributed by atoms with van der Waals surface area (Å²) in [6.07, 6.45) is 0. The molecule has 144 valence electrons. The summed E-state index contributed by atoms with van der Waals surface area (Å²) in [5, 5.41) is 6.34. The average Bonchev–Trinajstić information content (AvgIpc) is 2.65. The Morgan fingerprint density at radius 1 is 1.07 bits per heavy atom. The van der Waals surface area contributed by atoms with Gasteiger partial charge in [0.15, 0.2) is 0 Å². The van der Waals surface area contributed by atoms with Crippen molar-refractivity contribution < 1.29 is 14.3 Å². The molecule has 2 rings (SSSR count). The highest BCUT2D eigenvalue weighted by Crippen LogP contribution is 2.18. The summed E-state index contributed by atoms with van der Waals surface area (Å²) >= 11 is 5.87. The van der Waals surface area contributed by atoms with Crippen LogP contribution < -0.4 is 15.4 Å². The Morgan fingerprint density at radius 3 is 2.37 bits per heavy atom. The van der Waals surface area contributed by atoms with E-state index in [1.807, 2.05) is 32.9 Å². The molecule has 6 heteroatoms. The minimum atomic E-state index is -0.653. The van der Waals surface area contributed by atoms with E-state index in [4.69, 9.17) is 16.3 Å². The summed E-state index contributed by atoms with van der Waals surface area (Å²) in [4.78, 5) is 25.3. The molecule has 1 unspecified atom stereocenters. The molecule has 0 bridgehead atoms. The second-order valence-electron chi connectivity index (χ2n) is 6.47. The summed E-state index contributed by atoms with van der Waals surface area (Å²) in [5.41, 5.74) is 1.35. The number of benzene rings is 2. The molecule has 1 atom stereocenters. The van der Waals surface area contributed by atoms with Gasteiger partial charge >= 0.3 is 0 Å². The Kier molecular flexibility index (Phi) is 7.67. The Hall–Kier alpha value is -2.53. The SMILES string of the molecule is CCOc1ccccc1C(=O)NC(C(=O)NCc1ccc(Cl)cc1)C(C)C. The maximum atomic E-state index is 12.7. The quantitative estimate of drug-likeness (QED) is 0.722. The first-order valence-corrected chi connectivity index (χ1v) is 9.35.